The quantitative estimate of drug-likeness (QED) is 0.898. The highest BCUT2D eigenvalue weighted by Gasteiger charge is 2.18. The lowest BCUT2D eigenvalue weighted by Crippen LogP contribution is -2.39. The summed E-state index contributed by atoms with van der Waals surface area (Å²) < 4.78 is 0. The summed E-state index contributed by atoms with van der Waals surface area (Å²) in [6.45, 7) is 4.34. The number of nitrogens with one attached hydrogen (secondary N) is 2. The maximum atomic E-state index is 12.0. The van der Waals surface area contributed by atoms with Crippen molar-refractivity contribution in [1.29, 1.82) is 0 Å². The number of anilines is 2. The van der Waals surface area contributed by atoms with Gasteiger partial charge in [0.05, 0.1) is 0 Å². The van der Waals surface area contributed by atoms with Gasteiger partial charge in [0.25, 0.3) is 0 Å². The first-order chi connectivity index (χ1) is 11.2. The van der Waals surface area contributed by atoms with E-state index in [0.717, 1.165) is 31.7 Å². The summed E-state index contributed by atoms with van der Waals surface area (Å²) in [7, 11) is 0. The molecule has 0 radical (unpaired) electrons. The Kier molecular flexibility index (Phi) is 5.31. The van der Waals surface area contributed by atoms with E-state index in [-0.39, 0.29) is 6.03 Å². The van der Waals surface area contributed by atoms with Crippen LogP contribution < -0.4 is 15.5 Å². The molecule has 2 fully saturated rings. The molecular weight excluding hydrogens is 290 g/mol. The smallest absolute Gasteiger partial charge is 0.320 e. The number of carbonyl (C=O) groups is 1. The van der Waals surface area contributed by atoms with E-state index in [9.17, 15) is 4.79 Å². The van der Waals surface area contributed by atoms with Crippen LogP contribution in [0.1, 0.15) is 51.9 Å². The minimum atomic E-state index is -0.175. The molecule has 126 valence electrons. The molecule has 2 amide bonds. The average molecular weight is 317 g/mol. The van der Waals surface area contributed by atoms with E-state index in [1.54, 1.807) is 0 Å². The van der Waals surface area contributed by atoms with Crippen LogP contribution in [-0.2, 0) is 0 Å². The second kappa shape index (κ2) is 7.62. The second-order valence-corrected chi connectivity index (χ2v) is 6.90. The molecule has 23 heavy (non-hydrogen) atoms. The summed E-state index contributed by atoms with van der Waals surface area (Å²) >= 11 is 0. The van der Waals surface area contributed by atoms with E-state index in [2.05, 4.69) is 32.7 Å². The molecule has 3 rings (SSSR count). The van der Waals surface area contributed by atoms with Gasteiger partial charge in [0.1, 0.15) is 0 Å². The summed E-state index contributed by atoms with van der Waals surface area (Å²) in [6.07, 6.45) is 8.32. The Hall–Kier alpha value is -1.85. The zero-order valence-corrected chi connectivity index (χ0v) is 13.9. The van der Waals surface area contributed by atoms with Crippen molar-refractivity contribution in [1.82, 2.24) is 15.5 Å². The van der Waals surface area contributed by atoms with E-state index >= 15 is 0 Å². The zero-order valence-electron chi connectivity index (χ0n) is 13.9. The molecule has 2 aliphatic rings. The van der Waals surface area contributed by atoms with E-state index in [1.165, 1.54) is 32.1 Å². The molecule has 2 heterocycles. The van der Waals surface area contributed by atoms with Crippen molar-refractivity contribution in [3.05, 3.63) is 12.1 Å². The van der Waals surface area contributed by atoms with E-state index < -0.39 is 0 Å². The van der Waals surface area contributed by atoms with Gasteiger partial charge in [-0.05, 0) is 43.7 Å². The molecule has 1 aromatic heterocycles. The fourth-order valence-corrected chi connectivity index (χ4v) is 3.54. The van der Waals surface area contributed by atoms with Crippen LogP contribution in [0.5, 0.6) is 0 Å². The fraction of sp³-hybridized carbons (Fsp3) is 0.706. The van der Waals surface area contributed by atoms with Gasteiger partial charge in [-0.25, -0.2) is 4.79 Å². The van der Waals surface area contributed by atoms with Crippen molar-refractivity contribution >= 4 is 17.7 Å². The van der Waals surface area contributed by atoms with Gasteiger partial charge in [-0.2, -0.15) is 0 Å². The third kappa shape index (κ3) is 4.56. The molecule has 6 nitrogen and oxygen atoms in total. The Labute approximate surface area is 138 Å². The Balaban J connectivity index is 1.51. The van der Waals surface area contributed by atoms with Gasteiger partial charge in [0.15, 0.2) is 11.6 Å². The summed E-state index contributed by atoms with van der Waals surface area (Å²) in [5.74, 6) is 2.10. The maximum Gasteiger partial charge on any atom is 0.320 e. The lowest BCUT2D eigenvalue weighted by molar-refractivity contribution is 0.244. The number of carbonyl (C=O) groups excluding carboxylic acids is 1. The molecule has 0 bridgehead atoms. The lowest BCUT2D eigenvalue weighted by Gasteiger charge is -2.31. The highest BCUT2D eigenvalue weighted by atomic mass is 16.2. The monoisotopic (exact) mass is 317 g/mol. The van der Waals surface area contributed by atoms with Crippen LogP contribution in [0, 0.1) is 5.92 Å². The summed E-state index contributed by atoms with van der Waals surface area (Å²) in [5, 5.41) is 14.2. The topological polar surface area (TPSA) is 70.2 Å². The van der Waals surface area contributed by atoms with Gasteiger partial charge in [-0.15, -0.1) is 10.2 Å². The van der Waals surface area contributed by atoms with Gasteiger partial charge in [0, 0.05) is 19.1 Å². The van der Waals surface area contributed by atoms with Crippen molar-refractivity contribution in [2.45, 2.75) is 57.9 Å². The van der Waals surface area contributed by atoms with Crippen LogP contribution in [0.2, 0.25) is 0 Å². The first kappa shape index (κ1) is 16.0. The van der Waals surface area contributed by atoms with Gasteiger partial charge in [-0.3, -0.25) is 5.32 Å². The van der Waals surface area contributed by atoms with E-state index in [0.29, 0.717) is 17.8 Å². The lowest BCUT2D eigenvalue weighted by atomic mass is 9.96. The summed E-state index contributed by atoms with van der Waals surface area (Å²) in [4.78, 5) is 14.3. The Morgan fingerprint density at radius 1 is 1.13 bits per heavy atom. The molecular formula is C17H27N5O. The second-order valence-electron chi connectivity index (χ2n) is 6.90. The number of piperidine rings is 1. The SMILES string of the molecule is CC1CCCN(c2ccc(NC(=O)NC3CCCCC3)nn2)C1. The third-order valence-electron chi connectivity index (χ3n) is 4.81. The van der Waals surface area contributed by atoms with E-state index in [1.807, 2.05) is 12.1 Å². The Morgan fingerprint density at radius 2 is 1.96 bits per heavy atom. The molecule has 0 spiro atoms. The highest BCUT2D eigenvalue weighted by Crippen LogP contribution is 2.21. The first-order valence-corrected chi connectivity index (χ1v) is 8.87. The van der Waals surface area contributed by atoms with Crippen molar-refractivity contribution in [3.63, 3.8) is 0 Å². The molecule has 1 atom stereocenters. The standard InChI is InChI=1S/C17H27N5O/c1-13-6-5-11-22(12-13)16-10-9-15(20-21-16)19-17(23)18-14-7-3-2-4-8-14/h9-10,13-14H,2-8,11-12H2,1H3,(H2,18,19,20,23). The van der Waals surface area contributed by atoms with Crippen LogP contribution in [0.25, 0.3) is 0 Å². The molecule has 2 N–H and O–H groups in total. The predicted molar refractivity (Wildman–Crippen MR) is 91.7 cm³/mol. The molecule has 1 saturated carbocycles. The molecule has 0 aromatic carbocycles. The van der Waals surface area contributed by atoms with Crippen molar-refractivity contribution < 1.29 is 4.79 Å². The first-order valence-electron chi connectivity index (χ1n) is 8.87. The predicted octanol–water partition coefficient (Wildman–Crippen LogP) is 3.17. The molecule has 1 aliphatic heterocycles. The normalized spacial score (nSPS) is 22.7. The number of aromatic nitrogens is 2. The Morgan fingerprint density at radius 3 is 2.65 bits per heavy atom. The van der Waals surface area contributed by atoms with Crippen LogP contribution in [-0.4, -0.2) is 35.4 Å². The van der Waals surface area contributed by atoms with Crippen LogP contribution >= 0.6 is 0 Å². The minimum absolute atomic E-state index is 0.175. The largest absolute Gasteiger partial charge is 0.355 e. The highest BCUT2D eigenvalue weighted by molar-refractivity contribution is 5.88. The number of nitrogens with zero attached hydrogens (tertiary/aromatic N) is 3. The molecule has 1 saturated heterocycles. The van der Waals surface area contributed by atoms with Crippen LogP contribution in [0.15, 0.2) is 12.1 Å². The number of amides is 2. The van der Waals surface area contributed by atoms with Gasteiger partial charge in [0.2, 0.25) is 0 Å². The molecule has 1 aliphatic carbocycles. The third-order valence-corrected chi connectivity index (χ3v) is 4.81. The van der Waals surface area contributed by atoms with Gasteiger partial charge >= 0.3 is 6.03 Å². The van der Waals surface area contributed by atoms with Gasteiger partial charge < -0.3 is 10.2 Å². The molecule has 1 unspecified atom stereocenters. The van der Waals surface area contributed by atoms with Crippen molar-refractivity contribution in [2.75, 3.05) is 23.3 Å². The fourth-order valence-electron chi connectivity index (χ4n) is 3.54. The number of rotatable bonds is 3. The molecule has 1 aromatic rings. The summed E-state index contributed by atoms with van der Waals surface area (Å²) in [5.41, 5.74) is 0. The van der Waals surface area contributed by atoms with Crippen LogP contribution in [0.3, 0.4) is 0 Å². The summed E-state index contributed by atoms with van der Waals surface area (Å²) in [6, 6.07) is 3.90. The van der Waals surface area contributed by atoms with Crippen molar-refractivity contribution in [2.24, 2.45) is 5.92 Å². The van der Waals surface area contributed by atoms with Crippen molar-refractivity contribution in [3.8, 4) is 0 Å². The zero-order chi connectivity index (χ0) is 16.1. The molecule has 6 heteroatoms. The van der Waals surface area contributed by atoms with E-state index in [4.69, 9.17) is 0 Å². The van der Waals surface area contributed by atoms with Crippen LogP contribution in [0.4, 0.5) is 16.4 Å². The maximum absolute atomic E-state index is 12.0. The van der Waals surface area contributed by atoms with Gasteiger partial charge in [-0.1, -0.05) is 26.2 Å². The Bertz CT molecular complexity index is 512. The number of hydrogen-bond acceptors (Lipinski definition) is 4. The average Bonchev–Trinajstić information content (AvgIpc) is 2.56. The number of urea groups is 1. The minimum Gasteiger partial charge on any atom is -0.355 e. The number of hydrogen-bond donors (Lipinski definition) is 2.